The van der Waals surface area contributed by atoms with Crippen LogP contribution in [-0.4, -0.2) is 58.3 Å². The molecule has 2 amide bonds. The number of amidine groups is 1. The quantitative estimate of drug-likeness (QED) is 0.555. The van der Waals surface area contributed by atoms with Crippen molar-refractivity contribution in [3.05, 3.63) is 17.1 Å². The van der Waals surface area contributed by atoms with Gasteiger partial charge in [-0.05, 0) is 13.0 Å². The molecule has 0 saturated carbocycles. The predicted molar refractivity (Wildman–Crippen MR) is 65.0 cm³/mol. The molecular formula is C10H16N4O4. The van der Waals surface area contributed by atoms with Gasteiger partial charge in [-0.3, -0.25) is 0 Å². The second kappa shape index (κ2) is 6.22. The van der Waals surface area contributed by atoms with Gasteiger partial charge < -0.3 is 20.8 Å². The lowest BCUT2D eigenvalue weighted by atomic mass is 10.1. The van der Waals surface area contributed by atoms with E-state index in [0.717, 1.165) is 0 Å². The molecule has 18 heavy (non-hydrogen) atoms. The minimum Gasteiger partial charge on any atom is -0.388 e. The monoisotopic (exact) mass is 256 g/mol. The van der Waals surface area contributed by atoms with Crippen LogP contribution in [0.2, 0.25) is 0 Å². The Morgan fingerprint density at radius 1 is 1.61 bits per heavy atom. The van der Waals surface area contributed by atoms with E-state index in [1.165, 1.54) is 17.9 Å². The largest absolute Gasteiger partial charge is 0.388 e. The van der Waals surface area contributed by atoms with Gasteiger partial charge in [-0.25, -0.2) is 4.79 Å². The number of aliphatic imine (C=N–C) groups is 1. The molecule has 8 nitrogen and oxygen atoms in total. The molecule has 0 fully saturated rings. The minimum absolute atomic E-state index is 0.0838. The van der Waals surface area contributed by atoms with Gasteiger partial charge in [0.2, 0.25) is 0 Å². The standard InChI is InChI=1S/C10H16N4O4/c1-6(13-18)9(16)7(15)5-14-4-2-3-8(11)12-10(14)17/h2-3,6-7,9,15-16H,4-5H2,1H3,(H2,11,12,17)/t6-,7+,9?/m1/s1. The van der Waals surface area contributed by atoms with E-state index in [2.05, 4.69) is 10.2 Å². The van der Waals surface area contributed by atoms with Crippen molar-refractivity contribution in [1.82, 2.24) is 4.90 Å². The molecule has 8 heteroatoms. The molecule has 1 unspecified atom stereocenters. The zero-order valence-electron chi connectivity index (χ0n) is 9.93. The van der Waals surface area contributed by atoms with Crippen LogP contribution in [0, 0.1) is 4.91 Å². The second-order valence-corrected chi connectivity index (χ2v) is 4.03. The van der Waals surface area contributed by atoms with Crippen LogP contribution < -0.4 is 5.73 Å². The summed E-state index contributed by atoms with van der Waals surface area (Å²) in [6.45, 7) is 1.44. The maximum Gasteiger partial charge on any atom is 0.345 e. The summed E-state index contributed by atoms with van der Waals surface area (Å²) in [5, 5.41) is 21.9. The summed E-state index contributed by atoms with van der Waals surface area (Å²) in [6, 6.07) is -1.55. The van der Waals surface area contributed by atoms with Crippen LogP contribution in [0.4, 0.5) is 4.79 Å². The van der Waals surface area contributed by atoms with Crippen LogP contribution in [-0.2, 0) is 0 Å². The molecule has 1 aliphatic heterocycles. The van der Waals surface area contributed by atoms with Crippen molar-refractivity contribution < 1.29 is 15.0 Å². The molecule has 0 aliphatic carbocycles. The highest BCUT2D eigenvalue weighted by Crippen LogP contribution is 2.08. The third-order valence-corrected chi connectivity index (χ3v) is 2.57. The topological polar surface area (TPSA) is 129 Å². The number of nitrogens with two attached hydrogens (primary N) is 1. The van der Waals surface area contributed by atoms with E-state index in [-0.39, 0.29) is 18.9 Å². The molecule has 100 valence electrons. The number of aliphatic hydroxyl groups excluding tert-OH is 2. The summed E-state index contributed by atoms with van der Waals surface area (Å²) in [7, 11) is 0. The number of urea groups is 1. The maximum absolute atomic E-state index is 11.6. The van der Waals surface area contributed by atoms with E-state index in [0.29, 0.717) is 0 Å². The fourth-order valence-corrected chi connectivity index (χ4v) is 1.47. The van der Waals surface area contributed by atoms with E-state index in [1.807, 2.05) is 0 Å². The lowest BCUT2D eigenvalue weighted by Gasteiger charge is -2.25. The van der Waals surface area contributed by atoms with E-state index in [1.54, 1.807) is 6.08 Å². The number of aliphatic hydroxyl groups is 2. The van der Waals surface area contributed by atoms with Crippen molar-refractivity contribution in [2.24, 2.45) is 15.9 Å². The highest BCUT2D eigenvalue weighted by Gasteiger charge is 2.27. The van der Waals surface area contributed by atoms with Gasteiger partial charge in [0, 0.05) is 6.54 Å². The SMILES string of the molecule is C[C@@H](N=O)C(O)[C@@H](O)CN1CC=CC(N)=NC1=O. The van der Waals surface area contributed by atoms with Crippen LogP contribution in [0.3, 0.4) is 0 Å². The average Bonchev–Trinajstić information content (AvgIpc) is 2.49. The molecule has 1 aliphatic rings. The first-order valence-electron chi connectivity index (χ1n) is 5.44. The number of nitroso groups, excluding NO2 is 1. The average molecular weight is 256 g/mol. The Hall–Kier alpha value is -1.80. The van der Waals surface area contributed by atoms with E-state index in [9.17, 15) is 19.9 Å². The summed E-state index contributed by atoms with van der Waals surface area (Å²) in [4.78, 5) is 26.6. The minimum atomic E-state index is -1.33. The van der Waals surface area contributed by atoms with Crippen molar-refractivity contribution >= 4 is 11.9 Å². The Morgan fingerprint density at radius 2 is 2.28 bits per heavy atom. The van der Waals surface area contributed by atoms with Crippen LogP contribution in [0.1, 0.15) is 6.92 Å². The van der Waals surface area contributed by atoms with Crippen LogP contribution in [0.25, 0.3) is 0 Å². The lowest BCUT2D eigenvalue weighted by Crippen LogP contribution is -2.44. The number of rotatable bonds is 5. The first kappa shape index (κ1) is 14.3. The van der Waals surface area contributed by atoms with Gasteiger partial charge >= 0.3 is 6.03 Å². The van der Waals surface area contributed by atoms with Gasteiger partial charge in [-0.15, -0.1) is 0 Å². The Kier molecular flexibility index (Phi) is 4.93. The molecule has 0 bridgehead atoms. The van der Waals surface area contributed by atoms with Crippen molar-refractivity contribution in [3.63, 3.8) is 0 Å². The van der Waals surface area contributed by atoms with Crippen LogP contribution in [0.15, 0.2) is 22.3 Å². The molecule has 0 aromatic heterocycles. The highest BCUT2D eigenvalue weighted by molar-refractivity contribution is 6.00. The van der Waals surface area contributed by atoms with Gasteiger partial charge in [-0.2, -0.15) is 9.90 Å². The highest BCUT2D eigenvalue weighted by atomic mass is 16.3. The van der Waals surface area contributed by atoms with Gasteiger partial charge in [0.1, 0.15) is 18.0 Å². The normalized spacial score (nSPS) is 20.9. The Balaban J connectivity index is 2.64. The number of amides is 2. The molecule has 0 saturated heterocycles. The number of carbonyl (C=O) groups is 1. The summed E-state index contributed by atoms with van der Waals surface area (Å²) in [5.74, 6) is 0.0838. The number of β-amino-alcohol motifs (C(OH)–C–C–N with tert-alkyl or cyclic N) is 1. The van der Waals surface area contributed by atoms with Gasteiger partial charge in [0.15, 0.2) is 0 Å². The zero-order valence-corrected chi connectivity index (χ0v) is 9.93. The van der Waals surface area contributed by atoms with Crippen LogP contribution in [0.5, 0.6) is 0 Å². The molecule has 1 heterocycles. The first-order chi connectivity index (χ1) is 8.45. The van der Waals surface area contributed by atoms with E-state index in [4.69, 9.17) is 5.73 Å². The molecule has 3 atom stereocenters. The summed E-state index contributed by atoms with van der Waals surface area (Å²) in [6.07, 6.45) is 0.494. The Bertz CT molecular complexity index is 382. The van der Waals surface area contributed by atoms with E-state index < -0.39 is 24.3 Å². The lowest BCUT2D eigenvalue weighted by molar-refractivity contribution is -0.00425. The number of nitrogens with zero attached hydrogens (tertiary/aromatic N) is 3. The van der Waals surface area contributed by atoms with Gasteiger partial charge in [0.05, 0.1) is 12.6 Å². The zero-order chi connectivity index (χ0) is 13.7. The number of hydrogen-bond acceptors (Lipinski definition) is 6. The molecule has 4 N–H and O–H groups in total. The van der Waals surface area contributed by atoms with Crippen molar-refractivity contribution in [2.45, 2.75) is 25.2 Å². The third-order valence-electron chi connectivity index (χ3n) is 2.57. The molecule has 0 radical (unpaired) electrons. The molecule has 1 rings (SSSR count). The van der Waals surface area contributed by atoms with Crippen LogP contribution >= 0.6 is 0 Å². The van der Waals surface area contributed by atoms with E-state index >= 15 is 0 Å². The fraction of sp³-hybridized carbons (Fsp3) is 0.600. The van der Waals surface area contributed by atoms with Gasteiger partial charge in [0.25, 0.3) is 0 Å². The number of carbonyl (C=O) groups excluding carboxylic acids is 1. The number of hydrogen-bond donors (Lipinski definition) is 3. The fourth-order valence-electron chi connectivity index (χ4n) is 1.47. The maximum atomic E-state index is 11.6. The third kappa shape index (κ3) is 3.60. The first-order valence-corrected chi connectivity index (χ1v) is 5.44. The smallest absolute Gasteiger partial charge is 0.345 e. The molecule has 0 spiro atoms. The molecule has 0 aromatic carbocycles. The summed E-state index contributed by atoms with van der Waals surface area (Å²) >= 11 is 0. The van der Waals surface area contributed by atoms with Crippen molar-refractivity contribution in [2.75, 3.05) is 13.1 Å². The summed E-state index contributed by atoms with van der Waals surface area (Å²) in [5.41, 5.74) is 5.40. The molecular weight excluding hydrogens is 240 g/mol. The second-order valence-electron chi connectivity index (χ2n) is 4.03. The Labute approximate surface area is 104 Å². The van der Waals surface area contributed by atoms with Crippen molar-refractivity contribution in [3.8, 4) is 0 Å². The summed E-state index contributed by atoms with van der Waals surface area (Å²) < 4.78 is 0. The molecule has 0 aromatic rings. The van der Waals surface area contributed by atoms with Crippen molar-refractivity contribution in [1.29, 1.82) is 0 Å². The van der Waals surface area contributed by atoms with Gasteiger partial charge in [-0.1, -0.05) is 11.3 Å². The predicted octanol–water partition coefficient (Wildman–Crippen LogP) is -0.788. The Morgan fingerprint density at radius 3 is 2.89 bits per heavy atom.